The number of ether oxygens (including phenoxy) is 2. The molecule has 1 aromatic carbocycles. The SMILES string of the molecule is CC[C@@H](C)n1ncc(C(=O)NCc2ccc(COC3CCOCC3)cc2)c1C. The first-order valence-corrected chi connectivity index (χ1v) is 10.2. The number of carbonyl (C=O) groups excluding carboxylic acids is 1. The van der Waals surface area contributed by atoms with Crippen LogP contribution in [0.3, 0.4) is 0 Å². The minimum Gasteiger partial charge on any atom is -0.381 e. The lowest BCUT2D eigenvalue weighted by molar-refractivity contribution is -0.0390. The second kappa shape index (κ2) is 9.85. The number of benzene rings is 1. The highest BCUT2D eigenvalue weighted by Gasteiger charge is 2.16. The fraction of sp³-hybridized carbons (Fsp3) is 0.545. The number of hydrogen-bond acceptors (Lipinski definition) is 4. The van der Waals surface area contributed by atoms with Gasteiger partial charge in [0.25, 0.3) is 5.91 Å². The van der Waals surface area contributed by atoms with Gasteiger partial charge in [0.15, 0.2) is 0 Å². The highest BCUT2D eigenvalue weighted by Crippen LogP contribution is 2.16. The average molecular weight is 386 g/mol. The van der Waals surface area contributed by atoms with Gasteiger partial charge in [0, 0.05) is 31.5 Å². The fourth-order valence-corrected chi connectivity index (χ4v) is 3.35. The number of amides is 1. The lowest BCUT2D eigenvalue weighted by Crippen LogP contribution is -2.23. The van der Waals surface area contributed by atoms with E-state index >= 15 is 0 Å². The maximum Gasteiger partial charge on any atom is 0.255 e. The maximum absolute atomic E-state index is 12.5. The van der Waals surface area contributed by atoms with Crippen molar-refractivity contribution in [3.8, 4) is 0 Å². The Bertz CT molecular complexity index is 764. The molecule has 0 spiro atoms. The van der Waals surface area contributed by atoms with Crippen LogP contribution in [0.25, 0.3) is 0 Å². The summed E-state index contributed by atoms with van der Waals surface area (Å²) in [5, 5.41) is 7.36. The highest BCUT2D eigenvalue weighted by molar-refractivity contribution is 5.95. The van der Waals surface area contributed by atoms with Crippen LogP contribution in [0, 0.1) is 6.92 Å². The van der Waals surface area contributed by atoms with Gasteiger partial charge in [0.05, 0.1) is 24.5 Å². The Morgan fingerprint density at radius 1 is 1.29 bits per heavy atom. The largest absolute Gasteiger partial charge is 0.381 e. The van der Waals surface area contributed by atoms with Crippen molar-refractivity contribution in [3.63, 3.8) is 0 Å². The predicted octanol–water partition coefficient (Wildman–Crippen LogP) is 3.79. The summed E-state index contributed by atoms with van der Waals surface area (Å²) >= 11 is 0. The quantitative estimate of drug-likeness (QED) is 0.751. The molecule has 1 aliphatic heterocycles. The molecule has 1 N–H and O–H groups in total. The Balaban J connectivity index is 1.49. The Labute approximate surface area is 167 Å². The molecule has 152 valence electrons. The van der Waals surface area contributed by atoms with Crippen LogP contribution >= 0.6 is 0 Å². The number of aromatic nitrogens is 2. The molecule has 1 fully saturated rings. The maximum atomic E-state index is 12.5. The Kier molecular flexibility index (Phi) is 7.23. The molecule has 0 unspecified atom stereocenters. The first kappa shape index (κ1) is 20.6. The monoisotopic (exact) mass is 385 g/mol. The van der Waals surface area contributed by atoms with Crippen molar-refractivity contribution in [1.29, 1.82) is 0 Å². The molecular formula is C22H31N3O3. The lowest BCUT2D eigenvalue weighted by atomic mass is 10.1. The van der Waals surface area contributed by atoms with Gasteiger partial charge in [-0.3, -0.25) is 9.48 Å². The summed E-state index contributed by atoms with van der Waals surface area (Å²) in [5.74, 6) is -0.0843. The smallest absolute Gasteiger partial charge is 0.255 e. The van der Waals surface area contributed by atoms with Crippen molar-refractivity contribution < 1.29 is 14.3 Å². The van der Waals surface area contributed by atoms with Crippen LogP contribution in [0.2, 0.25) is 0 Å². The van der Waals surface area contributed by atoms with Gasteiger partial charge in [0.1, 0.15) is 0 Å². The summed E-state index contributed by atoms with van der Waals surface area (Å²) in [6.45, 7) is 8.86. The van der Waals surface area contributed by atoms with E-state index < -0.39 is 0 Å². The van der Waals surface area contributed by atoms with E-state index in [2.05, 4.69) is 36.4 Å². The Hall–Kier alpha value is -2.18. The van der Waals surface area contributed by atoms with Crippen molar-refractivity contribution in [1.82, 2.24) is 15.1 Å². The molecule has 2 heterocycles. The molecule has 6 nitrogen and oxygen atoms in total. The zero-order valence-corrected chi connectivity index (χ0v) is 17.1. The van der Waals surface area contributed by atoms with Crippen LogP contribution in [0.5, 0.6) is 0 Å². The summed E-state index contributed by atoms with van der Waals surface area (Å²) in [5.41, 5.74) is 3.76. The van der Waals surface area contributed by atoms with Gasteiger partial charge >= 0.3 is 0 Å². The zero-order valence-electron chi connectivity index (χ0n) is 17.1. The normalized spacial score (nSPS) is 16.1. The molecule has 0 radical (unpaired) electrons. The van der Waals surface area contributed by atoms with E-state index in [0.717, 1.165) is 49.3 Å². The van der Waals surface area contributed by atoms with Crippen molar-refractivity contribution in [2.45, 2.75) is 65.3 Å². The van der Waals surface area contributed by atoms with E-state index in [0.29, 0.717) is 24.8 Å². The molecule has 6 heteroatoms. The van der Waals surface area contributed by atoms with E-state index in [1.807, 2.05) is 23.7 Å². The van der Waals surface area contributed by atoms with E-state index in [-0.39, 0.29) is 11.9 Å². The van der Waals surface area contributed by atoms with Gasteiger partial charge in [-0.1, -0.05) is 31.2 Å². The minimum absolute atomic E-state index is 0.0843. The van der Waals surface area contributed by atoms with Gasteiger partial charge < -0.3 is 14.8 Å². The highest BCUT2D eigenvalue weighted by atomic mass is 16.5. The predicted molar refractivity (Wildman–Crippen MR) is 108 cm³/mol. The summed E-state index contributed by atoms with van der Waals surface area (Å²) in [7, 11) is 0. The molecule has 0 aliphatic carbocycles. The van der Waals surface area contributed by atoms with E-state index in [1.165, 1.54) is 0 Å². The standard InChI is InChI=1S/C22H31N3O3/c1-4-16(2)25-17(3)21(14-24-25)22(26)23-13-18-5-7-19(8-6-18)15-28-20-9-11-27-12-10-20/h5-8,14,16,20H,4,9-13,15H2,1-3H3,(H,23,26)/t16-/m1/s1. The second-order valence-electron chi connectivity index (χ2n) is 7.47. The molecule has 0 saturated carbocycles. The van der Waals surface area contributed by atoms with Crippen molar-refractivity contribution in [2.75, 3.05) is 13.2 Å². The van der Waals surface area contributed by atoms with Gasteiger partial charge in [-0.25, -0.2) is 0 Å². The Morgan fingerprint density at radius 3 is 2.64 bits per heavy atom. The van der Waals surface area contributed by atoms with Gasteiger partial charge in [-0.05, 0) is 44.2 Å². The summed E-state index contributed by atoms with van der Waals surface area (Å²) in [4.78, 5) is 12.5. The first-order valence-electron chi connectivity index (χ1n) is 10.2. The number of hydrogen-bond donors (Lipinski definition) is 1. The average Bonchev–Trinajstić information content (AvgIpc) is 3.13. The third kappa shape index (κ3) is 5.20. The molecule has 0 bridgehead atoms. The van der Waals surface area contributed by atoms with Crippen LogP contribution in [0.15, 0.2) is 30.5 Å². The molecule has 28 heavy (non-hydrogen) atoms. The first-order chi connectivity index (χ1) is 13.6. The van der Waals surface area contributed by atoms with E-state index in [4.69, 9.17) is 9.47 Å². The topological polar surface area (TPSA) is 65.4 Å². The molecule has 3 rings (SSSR count). The van der Waals surface area contributed by atoms with Crippen LogP contribution in [-0.2, 0) is 22.6 Å². The third-order valence-corrected chi connectivity index (χ3v) is 5.43. The summed E-state index contributed by atoms with van der Waals surface area (Å²) < 4.78 is 13.2. The van der Waals surface area contributed by atoms with E-state index in [1.54, 1.807) is 6.20 Å². The zero-order chi connectivity index (χ0) is 19.9. The molecule has 1 amide bonds. The number of nitrogens with one attached hydrogen (secondary N) is 1. The minimum atomic E-state index is -0.0843. The fourth-order valence-electron chi connectivity index (χ4n) is 3.35. The van der Waals surface area contributed by atoms with Gasteiger partial charge in [-0.15, -0.1) is 0 Å². The van der Waals surface area contributed by atoms with Gasteiger partial charge in [0.2, 0.25) is 0 Å². The van der Waals surface area contributed by atoms with Crippen molar-refractivity contribution in [2.24, 2.45) is 0 Å². The Morgan fingerprint density at radius 2 is 1.96 bits per heavy atom. The molecule has 1 atom stereocenters. The molecule has 1 saturated heterocycles. The molecule has 1 aliphatic rings. The number of nitrogens with zero attached hydrogens (tertiary/aromatic N) is 2. The molecule has 1 aromatic heterocycles. The summed E-state index contributed by atoms with van der Waals surface area (Å²) in [6.07, 6.45) is 4.88. The van der Waals surface area contributed by atoms with Crippen LogP contribution < -0.4 is 5.32 Å². The van der Waals surface area contributed by atoms with Crippen LogP contribution in [-0.4, -0.2) is 35.0 Å². The second-order valence-corrected chi connectivity index (χ2v) is 7.47. The third-order valence-electron chi connectivity index (χ3n) is 5.43. The molecule has 2 aromatic rings. The van der Waals surface area contributed by atoms with Gasteiger partial charge in [-0.2, -0.15) is 5.10 Å². The lowest BCUT2D eigenvalue weighted by Gasteiger charge is -2.22. The molecular weight excluding hydrogens is 354 g/mol. The number of carbonyl (C=O) groups is 1. The summed E-state index contributed by atoms with van der Waals surface area (Å²) in [6, 6.07) is 8.49. The number of rotatable bonds is 8. The van der Waals surface area contributed by atoms with Crippen LogP contribution in [0.1, 0.15) is 66.3 Å². The van der Waals surface area contributed by atoms with E-state index in [9.17, 15) is 4.79 Å². The van der Waals surface area contributed by atoms with Crippen molar-refractivity contribution >= 4 is 5.91 Å². The van der Waals surface area contributed by atoms with Crippen molar-refractivity contribution in [3.05, 3.63) is 52.8 Å². The van der Waals surface area contributed by atoms with Crippen LogP contribution in [0.4, 0.5) is 0 Å².